The second kappa shape index (κ2) is 6.39. The van der Waals surface area contributed by atoms with E-state index in [-0.39, 0.29) is 6.10 Å². The number of likely N-dealkylation sites (N-methyl/N-ethyl adjacent to an activating group) is 1. The minimum absolute atomic E-state index is 0.272. The van der Waals surface area contributed by atoms with Gasteiger partial charge in [0.05, 0.1) is 0 Å². The van der Waals surface area contributed by atoms with Gasteiger partial charge in [0.2, 0.25) is 0 Å². The van der Waals surface area contributed by atoms with Crippen LogP contribution in [0.5, 0.6) is 5.75 Å². The monoisotopic (exact) mass is 289 g/mol. The van der Waals surface area contributed by atoms with E-state index in [4.69, 9.17) is 4.74 Å². The van der Waals surface area contributed by atoms with Gasteiger partial charge in [0.25, 0.3) is 0 Å². The zero-order valence-electron chi connectivity index (χ0n) is 14.5. The largest absolute Gasteiger partial charge is 0.489 e. The van der Waals surface area contributed by atoms with Gasteiger partial charge in [-0.1, -0.05) is 32.9 Å². The summed E-state index contributed by atoms with van der Waals surface area (Å²) in [6.45, 7) is 11.4. The fraction of sp³-hybridized carbons (Fsp3) is 0.684. The fourth-order valence-electron chi connectivity index (χ4n) is 3.39. The molecule has 118 valence electrons. The molecule has 0 saturated heterocycles. The van der Waals surface area contributed by atoms with E-state index in [2.05, 4.69) is 65.2 Å². The molecule has 0 aliphatic heterocycles. The number of rotatable bonds is 3. The Balaban J connectivity index is 2.16. The number of nitrogens with one attached hydrogen (secondary N) is 1. The van der Waals surface area contributed by atoms with Crippen molar-refractivity contribution in [2.45, 2.75) is 66.0 Å². The van der Waals surface area contributed by atoms with Crippen molar-refractivity contribution in [2.24, 2.45) is 11.3 Å². The summed E-state index contributed by atoms with van der Waals surface area (Å²) in [7, 11) is 2.06. The predicted octanol–water partition coefficient (Wildman–Crippen LogP) is 4.49. The molecule has 0 spiro atoms. The molecule has 1 aliphatic rings. The van der Waals surface area contributed by atoms with Crippen LogP contribution in [0, 0.1) is 25.2 Å². The third-order valence-electron chi connectivity index (χ3n) is 5.22. The van der Waals surface area contributed by atoms with Gasteiger partial charge in [0, 0.05) is 6.04 Å². The molecule has 0 heterocycles. The van der Waals surface area contributed by atoms with Crippen molar-refractivity contribution < 1.29 is 4.74 Å². The second-order valence-corrected chi connectivity index (χ2v) is 7.63. The lowest BCUT2D eigenvalue weighted by molar-refractivity contribution is 0.0491. The molecule has 1 N–H and O–H groups in total. The molecule has 3 atom stereocenters. The first-order valence-electron chi connectivity index (χ1n) is 8.23. The Hall–Kier alpha value is -1.02. The minimum atomic E-state index is 0.272. The lowest BCUT2D eigenvalue weighted by Gasteiger charge is -2.41. The van der Waals surface area contributed by atoms with Crippen LogP contribution in [0.15, 0.2) is 18.2 Å². The van der Waals surface area contributed by atoms with Gasteiger partial charge in [-0.25, -0.2) is 0 Å². The summed E-state index contributed by atoms with van der Waals surface area (Å²) in [6.07, 6.45) is 3.91. The van der Waals surface area contributed by atoms with Crippen LogP contribution in [0.4, 0.5) is 0 Å². The first-order chi connectivity index (χ1) is 9.82. The van der Waals surface area contributed by atoms with Crippen molar-refractivity contribution in [1.29, 1.82) is 0 Å². The molecule has 1 aliphatic carbocycles. The van der Waals surface area contributed by atoms with E-state index in [0.717, 1.165) is 18.1 Å². The molecule has 2 rings (SSSR count). The Labute approximate surface area is 130 Å². The zero-order chi connectivity index (χ0) is 15.6. The molecule has 21 heavy (non-hydrogen) atoms. The molecule has 1 aromatic rings. The number of aryl methyl sites for hydroxylation is 1. The summed E-state index contributed by atoms with van der Waals surface area (Å²) >= 11 is 0. The normalized spacial score (nSPS) is 26.7. The number of ether oxygens (including phenoxy) is 1. The van der Waals surface area contributed by atoms with Gasteiger partial charge >= 0.3 is 0 Å². The van der Waals surface area contributed by atoms with Gasteiger partial charge in [-0.3, -0.25) is 0 Å². The quantitative estimate of drug-likeness (QED) is 0.885. The summed E-state index contributed by atoms with van der Waals surface area (Å²) < 4.78 is 6.43. The predicted molar refractivity (Wildman–Crippen MR) is 90.0 cm³/mol. The second-order valence-electron chi connectivity index (χ2n) is 7.63. The van der Waals surface area contributed by atoms with E-state index in [0.29, 0.717) is 11.5 Å². The molecule has 1 aromatic carbocycles. The smallest absolute Gasteiger partial charge is 0.122 e. The van der Waals surface area contributed by atoms with Crippen molar-refractivity contribution in [3.63, 3.8) is 0 Å². The van der Waals surface area contributed by atoms with Gasteiger partial charge < -0.3 is 10.1 Å². The third-order valence-corrected chi connectivity index (χ3v) is 5.22. The Bertz CT molecular complexity index is 475. The molecule has 0 radical (unpaired) electrons. The van der Waals surface area contributed by atoms with Gasteiger partial charge in [-0.2, -0.15) is 0 Å². The standard InChI is InChI=1S/C19H31NO/c1-13-8-7-9-17(14(13)2)21-18-12-15(19(3,4)5)10-11-16(18)20-6/h7-9,15-16,18,20H,10-12H2,1-6H3. The van der Waals surface area contributed by atoms with E-state index in [1.54, 1.807) is 0 Å². The fourth-order valence-corrected chi connectivity index (χ4v) is 3.39. The van der Waals surface area contributed by atoms with Gasteiger partial charge in [0.15, 0.2) is 0 Å². The average Bonchev–Trinajstić information content (AvgIpc) is 2.43. The van der Waals surface area contributed by atoms with E-state index in [1.807, 2.05) is 0 Å². The lowest BCUT2D eigenvalue weighted by Crippen LogP contribution is -2.47. The molecular weight excluding hydrogens is 258 g/mol. The van der Waals surface area contributed by atoms with Crippen LogP contribution < -0.4 is 10.1 Å². The highest BCUT2D eigenvalue weighted by molar-refractivity contribution is 5.38. The highest BCUT2D eigenvalue weighted by Crippen LogP contribution is 2.39. The maximum absolute atomic E-state index is 6.43. The molecule has 0 bridgehead atoms. The Morgan fingerprint density at radius 3 is 2.48 bits per heavy atom. The van der Waals surface area contributed by atoms with Crippen LogP contribution in [-0.2, 0) is 0 Å². The van der Waals surface area contributed by atoms with Crippen molar-refractivity contribution in [3.05, 3.63) is 29.3 Å². The summed E-state index contributed by atoms with van der Waals surface area (Å²) in [5.41, 5.74) is 2.93. The molecule has 3 unspecified atom stereocenters. The minimum Gasteiger partial charge on any atom is -0.489 e. The lowest BCUT2D eigenvalue weighted by atomic mass is 9.70. The summed E-state index contributed by atoms with van der Waals surface area (Å²) in [6, 6.07) is 6.81. The number of benzene rings is 1. The van der Waals surface area contributed by atoms with Gasteiger partial charge in [-0.15, -0.1) is 0 Å². The van der Waals surface area contributed by atoms with Crippen molar-refractivity contribution in [3.8, 4) is 5.75 Å². The van der Waals surface area contributed by atoms with Crippen LogP contribution in [0.2, 0.25) is 0 Å². The SMILES string of the molecule is CNC1CCC(C(C)(C)C)CC1Oc1cccc(C)c1C. The van der Waals surface area contributed by atoms with Gasteiger partial charge in [0.1, 0.15) is 11.9 Å². The highest BCUT2D eigenvalue weighted by atomic mass is 16.5. The molecule has 1 saturated carbocycles. The molecular formula is C19H31NO. The Kier molecular flexibility index (Phi) is 4.98. The van der Waals surface area contributed by atoms with E-state index < -0.39 is 0 Å². The van der Waals surface area contributed by atoms with E-state index >= 15 is 0 Å². The van der Waals surface area contributed by atoms with Crippen LogP contribution >= 0.6 is 0 Å². The highest BCUT2D eigenvalue weighted by Gasteiger charge is 2.36. The molecule has 2 nitrogen and oxygen atoms in total. The molecule has 0 aromatic heterocycles. The van der Waals surface area contributed by atoms with Crippen molar-refractivity contribution in [2.75, 3.05) is 7.05 Å². The van der Waals surface area contributed by atoms with E-state index in [9.17, 15) is 0 Å². The Morgan fingerprint density at radius 2 is 1.86 bits per heavy atom. The topological polar surface area (TPSA) is 21.3 Å². The first-order valence-corrected chi connectivity index (χ1v) is 8.23. The van der Waals surface area contributed by atoms with Crippen LogP contribution in [0.3, 0.4) is 0 Å². The molecule has 0 amide bonds. The summed E-state index contributed by atoms with van der Waals surface area (Å²) in [5.74, 6) is 1.78. The zero-order valence-corrected chi connectivity index (χ0v) is 14.5. The number of hydrogen-bond acceptors (Lipinski definition) is 2. The van der Waals surface area contributed by atoms with Crippen molar-refractivity contribution in [1.82, 2.24) is 5.32 Å². The van der Waals surface area contributed by atoms with Crippen LogP contribution in [-0.4, -0.2) is 19.2 Å². The molecule has 2 heteroatoms. The first kappa shape index (κ1) is 16.4. The molecule has 1 fully saturated rings. The maximum atomic E-state index is 6.43. The van der Waals surface area contributed by atoms with Gasteiger partial charge in [-0.05, 0) is 68.7 Å². The third kappa shape index (κ3) is 3.79. The van der Waals surface area contributed by atoms with E-state index in [1.165, 1.54) is 24.0 Å². The Morgan fingerprint density at radius 1 is 1.14 bits per heavy atom. The summed E-state index contributed by atoms with van der Waals surface area (Å²) in [5, 5.41) is 3.46. The number of hydrogen-bond donors (Lipinski definition) is 1. The summed E-state index contributed by atoms with van der Waals surface area (Å²) in [4.78, 5) is 0. The maximum Gasteiger partial charge on any atom is 0.122 e. The van der Waals surface area contributed by atoms with Crippen LogP contribution in [0.25, 0.3) is 0 Å². The average molecular weight is 289 g/mol. The van der Waals surface area contributed by atoms with Crippen molar-refractivity contribution >= 4 is 0 Å². The van der Waals surface area contributed by atoms with Crippen LogP contribution in [0.1, 0.15) is 51.2 Å².